The van der Waals surface area contributed by atoms with Crippen LogP contribution in [0, 0.1) is 0 Å². The lowest BCUT2D eigenvalue weighted by atomic mass is 10.0. The molecule has 2 nitrogen and oxygen atoms in total. The second-order valence-corrected chi connectivity index (χ2v) is 6.07. The highest BCUT2D eigenvalue weighted by Crippen LogP contribution is 2.25. The lowest BCUT2D eigenvalue weighted by Crippen LogP contribution is -2.40. The molecule has 0 bridgehead atoms. The summed E-state index contributed by atoms with van der Waals surface area (Å²) in [6.07, 6.45) is 3.62. The molecule has 0 amide bonds. The minimum absolute atomic E-state index is 0.328. The summed E-state index contributed by atoms with van der Waals surface area (Å²) in [5.41, 5.74) is 7.38. The second-order valence-electron chi connectivity index (χ2n) is 5.15. The third-order valence-electron chi connectivity index (χ3n) is 3.81. The number of hydrogen-bond acceptors (Lipinski definition) is 2. The maximum absolute atomic E-state index is 6.05. The van der Waals surface area contributed by atoms with E-state index in [0.29, 0.717) is 18.6 Å². The van der Waals surface area contributed by atoms with Gasteiger partial charge in [0, 0.05) is 23.1 Å². The summed E-state index contributed by atoms with van der Waals surface area (Å²) in [7, 11) is 0. The quantitative estimate of drug-likeness (QED) is 0.769. The fourth-order valence-corrected chi connectivity index (χ4v) is 2.67. The van der Waals surface area contributed by atoms with Gasteiger partial charge >= 0.3 is 0 Å². The molecule has 0 aromatic heterocycles. The molecule has 0 saturated carbocycles. The van der Waals surface area contributed by atoms with Crippen LogP contribution in [-0.2, 0) is 0 Å². The molecule has 1 aromatic rings. The van der Waals surface area contributed by atoms with E-state index in [1.807, 2.05) is 0 Å². The van der Waals surface area contributed by atoms with Gasteiger partial charge in [0.15, 0.2) is 0 Å². The van der Waals surface area contributed by atoms with Crippen molar-refractivity contribution < 1.29 is 0 Å². The Morgan fingerprint density at radius 3 is 2.32 bits per heavy atom. The maximum atomic E-state index is 6.05. The third kappa shape index (κ3) is 4.90. The smallest absolute Gasteiger partial charge is 0.0473 e. The number of halogens is 1. The van der Waals surface area contributed by atoms with E-state index in [-0.39, 0.29) is 0 Å². The molecule has 0 radical (unpaired) electrons. The van der Waals surface area contributed by atoms with E-state index in [4.69, 9.17) is 5.73 Å². The average Bonchev–Trinajstić information content (AvgIpc) is 2.44. The van der Waals surface area contributed by atoms with Gasteiger partial charge in [0.05, 0.1) is 0 Å². The first kappa shape index (κ1) is 16.7. The average molecular weight is 327 g/mol. The molecule has 0 fully saturated rings. The van der Waals surface area contributed by atoms with Crippen molar-refractivity contribution in [2.45, 2.75) is 52.1 Å². The first-order chi connectivity index (χ1) is 9.13. The molecular weight excluding hydrogens is 300 g/mol. The Labute approximate surface area is 126 Å². The van der Waals surface area contributed by atoms with Crippen LogP contribution in [0.25, 0.3) is 0 Å². The van der Waals surface area contributed by atoms with Crippen LogP contribution in [0.2, 0.25) is 0 Å². The van der Waals surface area contributed by atoms with Crippen molar-refractivity contribution in [2.24, 2.45) is 5.73 Å². The van der Waals surface area contributed by atoms with Gasteiger partial charge < -0.3 is 5.73 Å². The number of nitrogens with zero attached hydrogens (tertiary/aromatic N) is 1. The Kier molecular flexibility index (Phi) is 7.66. The lowest BCUT2D eigenvalue weighted by molar-refractivity contribution is 0.141. The molecule has 2 N–H and O–H groups in total. The van der Waals surface area contributed by atoms with Gasteiger partial charge in [-0.3, -0.25) is 4.90 Å². The Morgan fingerprint density at radius 2 is 1.84 bits per heavy atom. The summed E-state index contributed by atoms with van der Waals surface area (Å²) in [5.74, 6) is 0. The highest BCUT2D eigenvalue weighted by molar-refractivity contribution is 9.10. The van der Waals surface area contributed by atoms with Crippen LogP contribution >= 0.6 is 15.9 Å². The Morgan fingerprint density at radius 1 is 1.21 bits per heavy atom. The largest absolute Gasteiger partial charge is 0.329 e. The molecule has 0 aliphatic rings. The van der Waals surface area contributed by atoms with Gasteiger partial charge in [-0.05, 0) is 44.0 Å². The summed E-state index contributed by atoms with van der Waals surface area (Å²) in [6.45, 7) is 8.60. The van der Waals surface area contributed by atoms with Gasteiger partial charge in [-0.15, -0.1) is 0 Å². The van der Waals surface area contributed by atoms with Crippen molar-refractivity contribution in [1.82, 2.24) is 4.90 Å². The van der Waals surface area contributed by atoms with E-state index >= 15 is 0 Å². The molecule has 0 heterocycles. The second kappa shape index (κ2) is 8.72. The predicted molar refractivity (Wildman–Crippen MR) is 87.3 cm³/mol. The van der Waals surface area contributed by atoms with Crippen molar-refractivity contribution in [3.63, 3.8) is 0 Å². The highest BCUT2D eigenvalue weighted by atomic mass is 79.9. The Hall–Kier alpha value is -0.380. The fraction of sp³-hybridized carbons (Fsp3) is 0.625. The SMILES string of the molecule is CCCCN(C(C)CC)C(CN)c1ccc(Br)cc1. The van der Waals surface area contributed by atoms with Crippen molar-refractivity contribution in [3.8, 4) is 0 Å². The number of hydrogen-bond donors (Lipinski definition) is 1. The van der Waals surface area contributed by atoms with Crippen LogP contribution in [0.1, 0.15) is 51.6 Å². The first-order valence-electron chi connectivity index (χ1n) is 7.35. The molecule has 108 valence electrons. The summed E-state index contributed by atoms with van der Waals surface area (Å²) in [5, 5.41) is 0. The molecule has 2 unspecified atom stereocenters. The van der Waals surface area contributed by atoms with Crippen LogP contribution < -0.4 is 5.73 Å². The molecular formula is C16H27BrN2. The number of unbranched alkanes of at least 4 members (excludes halogenated alkanes) is 1. The molecule has 0 aliphatic heterocycles. The molecule has 2 atom stereocenters. The number of benzene rings is 1. The zero-order valence-corrected chi connectivity index (χ0v) is 14.0. The molecule has 0 aliphatic carbocycles. The minimum atomic E-state index is 0.328. The summed E-state index contributed by atoms with van der Waals surface area (Å²) in [4.78, 5) is 2.56. The highest BCUT2D eigenvalue weighted by Gasteiger charge is 2.22. The van der Waals surface area contributed by atoms with Crippen LogP contribution in [0.5, 0.6) is 0 Å². The Bertz CT molecular complexity index is 350. The summed E-state index contributed by atoms with van der Waals surface area (Å²) in [6, 6.07) is 9.48. The van der Waals surface area contributed by atoms with Gasteiger partial charge in [0.2, 0.25) is 0 Å². The van der Waals surface area contributed by atoms with Gasteiger partial charge in [-0.1, -0.05) is 48.3 Å². The monoisotopic (exact) mass is 326 g/mol. The minimum Gasteiger partial charge on any atom is -0.329 e. The molecule has 19 heavy (non-hydrogen) atoms. The van der Waals surface area contributed by atoms with Crippen LogP contribution in [-0.4, -0.2) is 24.0 Å². The predicted octanol–water partition coefficient (Wildman–Crippen LogP) is 4.35. The standard InChI is InChI=1S/C16H27BrN2/c1-4-6-11-19(13(3)5-2)16(12-18)14-7-9-15(17)10-8-14/h7-10,13,16H,4-6,11-12,18H2,1-3H3. The zero-order valence-electron chi connectivity index (χ0n) is 12.4. The summed E-state index contributed by atoms with van der Waals surface area (Å²) >= 11 is 3.49. The van der Waals surface area contributed by atoms with E-state index in [0.717, 1.165) is 17.4 Å². The number of rotatable bonds is 8. The molecule has 1 aromatic carbocycles. The van der Waals surface area contributed by atoms with Crippen LogP contribution in [0.4, 0.5) is 0 Å². The molecule has 0 saturated heterocycles. The third-order valence-corrected chi connectivity index (χ3v) is 4.33. The first-order valence-corrected chi connectivity index (χ1v) is 8.14. The fourth-order valence-electron chi connectivity index (χ4n) is 2.41. The molecule has 3 heteroatoms. The molecule has 0 spiro atoms. The Balaban J connectivity index is 2.91. The summed E-state index contributed by atoms with van der Waals surface area (Å²) < 4.78 is 1.12. The van der Waals surface area contributed by atoms with Crippen LogP contribution in [0.15, 0.2) is 28.7 Å². The van der Waals surface area contributed by atoms with E-state index in [1.54, 1.807) is 0 Å². The molecule has 1 rings (SSSR count). The van der Waals surface area contributed by atoms with E-state index in [9.17, 15) is 0 Å². The van der Waals surface area contributed by atoms with E-state index < -0.39 is 0 Å². The van der Waals surface area contributed by atoms with Crippen molar-refractivity contribution in [3.05, 3.63) is 34.3 Å². The van der Waals surface area contributed by atoms with E-state index in [1.165, 1.54) is 18.4 Å². The normalized spacial score (nSPS) is 14.6. The van der Waals surface area contributed by atoms with Crippen molar-refractivity contribution >= 4 is 15.9 Å². The van der Waals surface area contributed by atoms with E-state index in [2.05, 4.69) is 65.9 Å². The topological polar surface area (TPSA) is 29.3 Å². The van der Waals surface area contributed by atoms with Gasteiger partial charge in [0.25, 0.3) is 0 Å². The van der Waals surface area contributed by atoms with Crippen LogP contribution in [0.3, 0.4) is 0 Å². The van der Waals surface area contributed by atoms with Crippen molar-refractivity contribution in [1.29, 1.82) is 0 Å². The van der Waals surface area contributed by atoms with Gasteiger partial charge in [-0.2, -0.15) is 0 Å². The van der Waals surface area contributed by atoms with Gasteiger partial charge in [0.1, 0.15) is 0 Å². The zero-order chi connectivity index (χ0) is 14.3. The number of nitrogens with two attached hydrogens (primary N) is 1. The maximum Gasteiger partial charge on any atom is 0.0473 e. The lowest BCUT2D eigenvalue weighted by Gasteiger charge is -2.36. The van der Waals surface area contributed by atoms with Crippen molar-refractivity contribution in [2.75, 3.05) is 13.1 Å². The van der Waals surface area contributed by atoms with Gasteiger partial charge in [-0.25, -0.2) is 0 Å².